The number of aliphatic hydroxyl groups excluding tert-OH is 1. The summed E-state index contributed by atoms with van der Waals surface area (Å²) in [7, 11) is 0. The van der Waals surface area contributed by atoms with Crippen molar-refractivity contribution in [3.05, 3.63) is 48.6 Å². The maximum absolute atomic E-state index is 14.6. The lowest BCUT2D eigenvalue weighted by molar-refractivity contribution is -0.154. The molecule has 1 aromatic carbocycles. The van der Waals surface area contributed by atoms with Crippen molar-refractivity contribution >= 4 is 40.6 Å². The van der Waals surface area contributed by atoms with Crippen LogP contribution < -0.4 is 0 Å². The van der Waals surface area contributed by atoms with E-state index < -0.39 is 28.7 Å². The van der Waals surface area contributed by atoms with Crippen LogP contribution >= 0.6 is 11.8 Å². The summed E-state index contributed by atoms with van der Waals surface area (Å²) in [6, 6.07) is 6.13. The van der Waals surface area contributed by atoms with Gasteiger partial charge in [0.1, 0.15) is 18.2 Å². The summed E-state index contributed by atoms with van der Waals surface area (Å²) in [5.41, 5.74) is 1.54. The van der Waals surface area contributed by atoms with E-state index in [0.29, 0.717) is 13.2 Å². The van der Waals surface area contributed by atoms with Gasteiger partial charge in [0, 0.05) is 11.8 Å². The van der Waals surface area contributed by atoms with E-state index in [2.05, 4.69) is 16.4 Å². The molecule has 2 aromatic rings. The molecule has 1 unspecified atom stereocenters. The highest BCUT2D eigenvalue weighted by atomic mass is 32.2. The van der Waals surface area contributed by atoms with Gasteiger partial charge in [0.25, 0.3) is 0 Å². The molecule has 6 rings (SSSR count). The van der Waals surface area contributed by atoms with Crippen LogP contribution in [0.1, 0.15) is 39.5 Å². The van der Waals surface area contributed by atoms with E-state index in [0.717, 1.165) is 36.7 Å². The zero-order chi connectivity index (χ0) is 28.7. The Balaban J connectivity index is 1.44. The number of allylic oxidation sites excluding steroid dienone is 1. The molecule has 10 nitrogen and oxygen atoms in total. The molecule has 11 heteroatoms. The van der Waals surface area contributed by atoms with Crippen LogP contribution in [0.4, 0.5) is 0 Å². The Hall–Kier alpha value is -3.18. The second-order valence-electron chi connectivity index (χ2n) is 11.5. The van der Waals surface area contributed by atoms with Crippen molar-refractivity contribution in [2.75, 3.05) is 19.8 Å². The SMILES string of the molecule is CC[C@H](C)[C@H](CO)N1C(=O)[C@@H]2[C@H]3C(=O)OCCCC/C=C\[C@H]3S[C@@]23C=CCN(Cn2nnc4ccccc42)C(=O)C13. The Morgan fingerprint density at radius 3 is 2.80 bits per heavy atom. The number of ether oxygens (including phenoxy) is 1. The molecule has 4 aliphatic heterocycles. The van der Waals surface area contributed by atoms with Crippen molar-refractivity contribution in [1.29, 1.82) is 0 Å². The van der Waals surface area contributed by atoms with E-state index in [1.165, 1.54) is 11.8 Å². The molecule has 0 radical (unpaired) electrons. The quantitative estimate of drug-likeness (QED) is 0.410. The molecule has 7 atom stereocenters. The number of likely N-dealkylation sites (tertiary alicyclic amines) is 1. The number of aromatic nitrogens is 3. The van der Waals surface area contributed by atoms with Crippen LogP contribution in [0.25, 0.3) is 11.0 Å². The minimum Gasteiger partial charge on any atom is -0.465 e. The number of rotatable bonds is 6. The largest absolute Gasteiger partial charge is 0.465 e. The predicted molar refractivity (Wildman–Crippen MR) is 154 cm³/mol. The summed E-state index contributed by atoms with van der Waals surface area (Å²) in [6.45, 7) is 4.53. The number of amides is 2. The average molecular weight is 580 g/mol. The topological polar surface area (TPSA) is 118 Å². The van der Waals surface area contributed by atoms with Gasteiger partial charge in [0.15, 0.2) is 0 Å². The number of carbonyl (C=O) groups excluding carboxylic acids is 3. The van der Waals surface area contributed by atoms with Crippen molar-refractivity contribution in [3.8, 4) is 0 Å². The van der Waals surface area contributed by atoms with Crippen LogP contribution in [0.5, 0.6) is 0 Å². The van der Waals surface area contributed by atoms with Crippen molar-refractivity contribution in [2.24, 2.45) is 17.8 Å². The molecular weight excluding hydrogens is 542 g/mol. The van der Waals surface area contributed by atoms with Gasteiger partial charge in [-0.3, -0.25) is 14.4 Å². The number of hydrogen-bond acceptors (Lipinski definition) is 8. The van der Waals surface area contributed by atoms with Crippen LogP contribution in [-0.4, -0.2) is 89.5 Å². The minimum atomic E-state index is -0.971. The van der Waals surface area contributed by atoms with Crippen LogP contribution in [0.3, 0.4) is 0 Å². The molecular formula is C30H37N5O5S. The second-order valence-corrected chi connectivity index (χ2v) is 13.0. The van der Waals surface area contributed by atoms with Gasteiger partial charge >= 0.3 is 5.97 Å². The Bertz CT molecular complexity index is 1390. The molecule has 1 spiro atoms. The first-order chi connectivity index (χ1) is 19.9. The summed E-state index contributed by atoms with van der Waals surface area (Å²) in [6.07, 6.45) is 11.3. The second kappa shape index (κ2) is 11.2. The van der Waals surface area contributed by atoms with E-state index in [1.807, 2.05) is 56.3 Å². The van der Waals surface area contributed by atoms with Gasteiger partial charge < -0.3 is 19.6 Å². The van der Waals surface area contributed by atoms with Crippen molar-refractivity contribution in [3.63, 3.8) is 0 Å². The Morgan fingerprint density at radius 2 is 2.00 bits per heavy atom. The Labute approximate surface area is 243 Å². The highest BCUT2D eigenvalue weighted by molar-refractivity contribution is 8.02. The number of para-hydroxylation sites is 1. The molecule has 2 saturated heterocycles. The molecule has 5 heterocycles. The Morgan fingerprint density at radius 1 is 1.17 bits per heavy atom. The molecule has 1 aromatic heterocycles. The smallest absolute Gasteiger partial charge is 0.311 e. The maximum atomic E-state index is 14.6. The van der Waals surface area contributed by atoms with E-state index in [4.69, 9.17) is 4.74 Å². The molecule has 0 saturated carbocycles. The fourth-order valence-corrected chi connectivity index (χ4v) is 8.87. The summed E-state index contributed by atoms with van der Waals surface area (Å²) >= 11 is 1.52. The first-order valence-electron chi connectivity index (χ1n) is 14.6. The molecule has 2 fully saturated rings. The van der Waals surface area contributed by atoms with E-state index in [-0.39, 0.29) is 42.2 Å². The lowest BCUT2D eigenvalue weighted by Crippen LogP contribution is -2.58. The fourth-order valence-electron chi connectivity index (χ4n) is 6.88. The number of thioether (sulfide) groups is 1. The van der Waals surface area contributed by atoms with E-state index in [9.17, 15) is 19.5 Å². The number of hydrogen-bond donors (Lipinski definition) is 1. The lowest BCUT2D eigenvalue weighted by Gasteiger charge is -2.40. The normalized spacial score (nSPS) is 32.2. The lowest BCUT2D eigenvalue weighted by atomic mass is 9.78. The average Bonchev–Trinajstić information content (AvgIpc) is 3.57. The minimum absolute atomic E-state index is 0.0516. The van der Waals surface area contributed by atoms with Gasteiger partial charge in [-0.25, -0.2) is 4.68 Å². The van der Waals surface area contributed by atoms with Crippen molar-refractivity contribution < 1.29 is 24.2 Å². The van der Waals surface area contributed by atoms with Gasteiger partial charge in [-0.15, -0.1) is 16.9 Å². The van der Waals surface area contributed by atoms with Gasteiger partial charge in [-0.2, -0.15) is 0 Å². The molecule has 0 bridgehead atoms. The molecule has 1 N–H and O–H groups in total. The van der Waals surface area contributed by atoms with Gasteiger partial charge in [0.05, 0.1) is 41.4 Å². The van der Waals surface area contributed by atoms with Crippen LogP contribution in [0.15, 0.2) is 48.6 Å². The number of aliphatic hydroxyl groups is 1. The molecule has 0 aliphatic carbocycles. The zero-order valence-electron chi connectivity index (χ0n) is 23.5. The number of fused-ring (bicyclic) bond motifs is 3. The molecule has 4 aliphatic rings. The van der Waals surface area contributed by atoms with Crippen LogP contribution in [0, 0.1) is 17.8 Å². The standard InChI is InChI=1S/C30H37N5O5S/c1-3-19(2)22(17-36)35-26-28(38)33(18-34-21-12-8-7-11-20(21)31-32-34)15-10-14-30(26)25(27(35)37)24-23(41-30)13-6-4-5-9-16-40-29(24)39/h6-8,10-14,19,22-26,36H,3-5,9,15-18H2,1-2H3/b13-6-/t19-,22-,23+,24-,25-,26?,30-/m0/s1. The maximum Gasteiger partial charge on any atom is 0.311 e. The monoisotopic (exact) mass is 579 g/mol. The van der Waals surface area contributed by atoms with E-state index >= 15 is 0 Å². The third kappa shape index (κ3) is 4.57. The summed E-state index contributed by atoms with van der Waals surface area (Å²) in [5, 5.41) is 18.8. The first-order valence-corrected chi connectivity index (χ1v) is 15.5. The van der Waals surface area contributed by atoms with Crippen molar-refractivity contribution in [2.45, 2.75) is 68.3 Å². The zero-order valence-corrected chi connectivity index (χ0v) is 24.3. The Kier molecular flexibility index (Phi) is 7.67. The number of esters is 1. The molecule has 2 amide bonds. The summed E-state index contributed by atoms with van der Waals surface area (Å²) in [5.74, 6) is -2.41. The first kappa shape index (κ1) is 28.0. The van der Waals surface area contributed by atoms with Gasteiger partial charge in [-0.05, 0) is 37.3 Å². The summed E-state index contributed by atoms with van der Waals surface area (Å²) < 4.78 is 6.42. The number of benzene rings is 1. The molecule has 41 heavy (non-hydrogen) atoms. The third-order valence-corrected chi connectivity index (χ3v) is 10.9. The highest BCUT2D eigenvalue weighted by Gasteiger charge is 2.71. The number of carbonyl (C=O) groups is 3. The van der Waals surface area contributed by atoms with E-state index in [1.54, 1.807) is 14.5 Å². The predicted octanol–water partition coefficient (Wildman–Crippen LogP) is 2.77. The fraction of sp³-hybridized carbons (Fsp3) is 0.567. The van der Waals surface area contributed by atoms with Crippen LogP contribution in [-0.2, 0) is 25.8 Å². The van der Waals surface area contributed by atoms with Crippen molar-refractivity contribution in [1.82, 2.24) is 24.8 Å². The van der Waals surface area contributed by atoms with Crippen LogP contribution in [0.2, 0.25) is 0 Å². The highest BCUT2D eigenvalue weighted by Crippen LogP contribution is 2.61. The number of nitrogens with zero attached hydrogens (tertiary/aromatic N) is 5. The number of cyclic esters (lactones) is 1. The molecule has 218 valence electrons. The van der Waals surface area contributed by atoms with Gasteiger partial charge in [-0.1, -0.05) is 61.9 Å². The summed E-state index contributed by atoms with van der Waals surface area (Å²) in [4.78, 5) is 46.0. The van der Waals surface area contributed by atoms with Gasteiger partial charge in [0.2, 0.25) is 11.8 Å². The third-order valence-electron chi connectivity index (χ3n) is 9.19.